The smallest absolute Gasteiger partial charge is 0.0504 e. The molecule has 0 radical (unpaired) electrons. The lowest BCUT2D eigenvalue weighted by Crippen LogP contribution is -1.82. The maximum absolute atomic E-state index is 5.72. The second-order valence-corrected chi connectivity index (χ2v) is 8.13. The first kappa shape index (κ1) is 18.0. The standard InChI is InChI=1S/C20H16Br2N2S/c21-19-17(11-5-13-1-7-15(23)8-2-13)25-18(20(19)22)12-6-14-3-9-16(24)10-4-14/h1-12H,23-24H2/b11-5+,12-6+. The van der Waals surface area contributed by atoms with Crippen LogP contribution in [0.2, 0.25) is 0 Å². The van der Waals surface area contributed by atoms with E-state index in [-0.39, 0.29) is 0 Å². The minimum Gasteiger partial charge on any atom is -0.399 e. The minimum absolute atomic E-state index is 0.771. The molecule has 1 aromatic heterocycles. The van der Waals surface area contributed by atoms with Gasteiger partial charge in [0.1, 0.15) is 0 Å². The number of nitrogen functional groups attached to an aromatic ring is 2. The average molecular weight is 476 g/mol. The van der Waals surface area contributed by atoms with Gasteiger partial charge in [-0.15, -0.1) is 11.3 Å². The van der Waals surface area contributed by atoms with Gasteiger partial charge in [0.05, 0.1) is 8.95 Å². The van der Waals surface area contributed by atoms with Gasteiger partial charge in [-0.25, -0.2) is 0 Å². The van der Waals surface area contributed by atoms with E-state index in [0.29, 0.717) is 0 Å². The number of hydrogen-bond acceptors (Lipinski definition) is 3. The van der Waals surface area contributed by atoms with Crippen molar-refractivity contribution in [3.8, 4) is 0 Å². The fourth-order valence-corrected chi connectivity index (χ4v) is 4.53. The molecule has 0 spiro atoms. The molecule has 1 heterocycles. The van der Waals surface area contributed by atoms with Crippen molar-refractivity contribution in [2.24, 2.45) is 0 Å². The first-order valence-electron chi connectivity index (χ1n) is 7.58. The van der Waals surface area contributed by atoms with Crippen molar-refractivity contribution in [2.45, 2.75) is 0 Å². The van der Waals surface area contributed by atoms with Gasteiger partial charge in [-0.05, 0) is 79.4 Å². The number of rotatable bonds is 4. The molecule has 2 aromatic carbocycles. The highest BCUT2D eigenvalue weighted by Crippen LogP contribution is 2.39. The third-order valence-electron chi connectivity index (χ3n) is 3.57. The Labute approximate surface area is 168 Å². The highest BCUT2D eigenvalue weighted by Gasteiger charge is 2.10. The average Bonchev–Trinajstić information content (AvgIpc) is 2.89. The molecule has 4 N–H and O–H groups in total. The number of benzene rings is 2. The van der Waals surface area contributed by atoms with Crippen LogP contribution >= 0.6 is 43.2 Å². The van der Waals surface area contributed by atoms with Gasteiger partial charge in [0.25, 0.3) is 0 Å². The summed E-state index contributed by atoms with van der Waals surface area (Å²) in [5, 5.41) is 0. The van der Waals surface area contributed by atoms with E-state index in [4.69, 9.17) is 11.5 Å². The summed E-state index contributed by atoms with van der Waals surface area (Å²) < 4.78 is 2.11. The summed E-state index contributed by atoms with van der Waals surface area (Å²) in [6.45, 7) is 0. The van der Waals surface area contributed by atoms with Crippen LogP contribution in [0.3, 0.4) is 0 Å². The Kier molecular flexibility index (Phi) is 5.78. The highest BCUT2D eigenvalue weighted by atomic mass is 79.9. The molecular formula is C20H16Br2N2S. The van der Waals surface area contributed by atoms with Gasteiger partial charge in [0.15, 0.2) is 0 Å². The van der Waals surface area contributed by atoms with Gasteiger partial charge < -0.3 is 11.5 Å². The van der Waals surface area contributed by atoms with Gasteiger partial charge in [0.2, 0.25) is 0 Å². The van der Waals surface area contributed by atoms with Gasteiger partial charge in [-0.3, -0.25) is 0 Å². The zero-order valence-corrected chi connectivity index (χ0v) is 17.2. The molecule has 5 heteroatoms. The molecule has 0 fully saturated rings. The third kappa shape index (κ3) is 4.63. The topological polar surface area (TPSA) is 52.0 Å². The van der Waals surface area contributed by atoms with Crippen LogP contribution in [-0.4, -0.2) is 0 Å². The van der Waals surface area contributed by atoms with Crippen LogP contribution in [0.4, 0.5) is 11.4 Å². The molecule has 25 heavy (non-hydrogen) atoms. The molecule has 0 amide bonds. The van der Waals surface area contributed by atoms with E-state index in [1.54, 1.807) is 11.3 Å². The van der Waals surface area contributed by atoms with E-state index in [1.807, 2.05) is 48.5 Å². The normalized spacial score (nSPS) is 11.6. The Morgan fingerprint density at radius 2 is 0.960 bits per heavy atom. The van der Waals surface area contributed by atoms with Crippen molar-refractivity contribution in [3.63, 3.8) is 0 Å². The van der Waals surface area contributed by atoms with Gasteiger partial charge in [-0.2, -0.15) is 0 Å². The summed E-state index contributed by atoms with van der Waals surface area (Å²) >= 11 is 9.04. The van der Waals surface area contributed by atoms with Gasteiger partial charge in [-0.1, -0.05) is 36.4 Å². The van der Waals surface area contributed by atoms with E-state index < -0.39 is 0 Å². The van der Waals surface area contributed by atoms with E-state index in [0.717, 1.165) is 41.2 Å². The Balaban J connectivity index is 1.82. The molecule has 0 bridgehead atoms. The quantitative estimate of drug-likeness (QED) is 0.408. The molecule has 0 unspecified atom stereocenters. The van der Waals surface area contributed by atoms with E-state index >= 15 is 0 Å². The van der Waals surface area contributed by atoms with Crippen LogP contribution in [0.5, 0.6) is 0 Å². The minimum atomic E-state index is 0.771. The molecule has 0 aliphatic carbocycles. The lowest BCUT2D eigenvalue weighted by molar-refractivity contribution is 1.64. The second-order valence-electron chi connectivity index (χ2n) is 5.46. The predicted octanol–water partition coefficient (Wildman–Crippen LogP) is 6.78. The number of hydrogen-bond donors (Lipinski definition) is 2. The van der Waals surface area contributed by atoms with Crippen LogP contribution < -0.4 is 11.5 Å². The predicted molar refractivity (Wildman–Crippen MR) is 119 cm³/mol. The molecule has 2 nitrogen and oxygen atoms in total. The number of anilines is 2. The summed E-state index contributed by atoms with van der Waals surface area (Å²) in [5.41, 5.74) is 15.2. The first-order chi connectivity index (χ1) is 12.0. The van der Waals surface area contributed by atoms with Crippen molar-refractivity contribution >= 4 is 78.9 Å². The fraction of sp³-hybridized carbons (Fsp3) is 0. The lowest BCUT2D eigenvalue weighted by Gasteiger charge is -1.94. The van der Waals surface area contributed by atoms with Crippen LogP contribution in [0.1, 0.15) is 20.9 Å². The van der Waals surface area contributed by atoms with Crippen LogP contribution in [0.15, 0.2) is 57.5 Å². The van der Waals surface area contributed by atoms with E-state index in [1.165, 1.54) is 0 Å². The zero-order chi connectivity index (χ0) is 17.8. The largest absolute Gasteiger partial charge is 0.399 e. The first-order valence-corrected chi connectivity index (χ1v) is 9.98. The number of halogens is 2. The summed E-state index contributed by atoms with van der Waals surface area (Å²) in [6, 6.07) is 15.6. The Morgan fingerprint density at radius 3 is 1.32 bits per heavy atom. The van der Waals surface area contributed by atoms with E-state index in [2.05, 4.69) is 56.2 Å². The SMILES string of the molecule is Nc1ccc(/C=C/c2sc(/C=C/c3ccc(N)cc3)c(Br)c2Br)cc1. The van der Waals surface area contributed by atoms with Crippen molar-refractivity contribution < 1.29 is 0 Å². The van der Waals surface area contributed by atoms with Crippen molar-refractivity contribution in [1.29, 1.82) is 0 Å². The van der Waals surface area contributed by atoms with Crippen molar-refractivity contribution in [1.82, 2.24) is 0 Å². The molecule has 0 saturated carbocycles. The van der Waals surface area contributed by atoms with Crippen LogP contribution in [0, 0.1) is 0 Å². The molecule has 3 aromatic rings. The Bertz CT molecular complexity index is 848. The van der Waals surface area contributed by atoms with Crippen molar-refractivity contribution in [3.05, 3.63) is 78.4 Å². The summed E-state index contributed by atoms with van der Waals surface area (Å²) in [7, 11) is 0. The second kappa shape index (κ2) is 8.04. The molecule has 0 aliphatic rings. The van der Waals surface area contributed by atoms with Crippen LogP contribution in [-0.2, 0) is 0 Å². The van der Waals surface area contributed by atoms with E-state index in [9.17, 15) is 0 Å². The molecule has 0 aliphatic heterocycles. The maximum Gasteiger partial charge on any atom is 0.0504 e. The Hall–Kier alpha value is -1.82. The number of nitrogens with two attached hydrogens (primary N) is 2. The molecular weight excluding hydrogens is 460 g/mol. The van der Waals surface area contributed by atoms with Crippen LogP contribution in [0.25, 0.3) is 24.3 Å². The molecule has 0 saturated heterocycles. The molecule has 0 atom stereocenters. The van der Waals surface area contributed by atoms with Gasteiger partial charge in [0, 0.05) is 21.1 Å². The third-order valence-corrected chi connectivity index (χ3v) is 7.40. The molecule has 3 rings (SSSR count). The highest BCUT2D eigenvalue weighted by molar-refractivity contribution is 9.13. The van der Waals surface area contributed by atoms with Gasteiger partial charge >= 0.3 is 0 Å². The Morgan fingerprint density at radius 1 is 0.600 bits per heavy atom. The van der Waals surface area contributed by atoms with Crippen molar-refractivity contribution in [2.75, 3.05) is 11.5 Å². The maximum atomic E-state index is 5.72. The summed E-state index contributed by atoms with van der Waals surface area (Å²) in [5.74, 6) is 0. The lowest BCUT2D eigenvalue weighted by atomic mass is 10.2. The fourth-order valence-electron chi connectivity index (χ4n) is 2.20. The summed E-state index contributed by atoms with van der Waals surface area (Å²) in [4.78, 5) is 2.31. The number of thiophene rings is 1. The summed E-state index contributed by atoms with van der Waals surface area (Å²) in [6.07, 6.45) is 8.36. The molecule has 126 valence electrons. The zero-order valence-electron chi connectivity index (χ0n) is 13.2. The monoisotopic (exact) mass is 474 g/mol.